The third-order valence-corrected chi connectivity index (χ3v) is 4.54. The Hall–Kier alpha value is -1.69. The highest BCUT2D eigenvalue weighted by Gasteiger charge is 2.28. The van der Waals surface area contributed by atoms with E-state index < -0.39 is 0 Å². The van der Waals surface area contributed by atoms with Gasteiger partial charge in [-0.1, -0.05) is 36.4 Å². The van der Waals surface area contributed by atoms with Crippen LogP contribution >= 0.6 is 11.3 Å². The van der Waals surface area contributed by atoms with Gasteiger partial charge < -0.3 is 14.8 Å². The van der Waals surface area contributed by atoms with Gasteiger partial charge >= 0.3 is 0 Å². The SMILES string of the molecule is O=C(N[C@@H]1CCOC[C@H]1OCc1ccccc1)c1cccs1. The zero-order chi connectivity index (χ0) is 15.2. The second-order valence-corrected chi connectivity index (χ2v) is 6.20. The zero-order valence-corrected chi connectivity index (χ0v) is 13.1. The number of thiophene rings is 1. The Morgan fingerprint density at radius 2 is 2.14 bits per heavy atom. The van der Waals surface area contributed by atoms with Crippen molar-refractivity contribution in [3.05, 3.63) is 58.3 Å². The minimum Gasteiger partial charge on any atom is -0.379 e. The predicted molar refractivity (Wildman–Crippen MR) is 86.0 cm³/mol. The summed E-state index contributed by atoms with van der Waals surface area (Å²) in [7, 11) is 0. The van der Waals surface area contributed by atoms with E-state index in [-0.39, 0.29) is 18.1 Å². The molecule has 1 aliphatic rings. The molecule has 1 saturated heterocycles. The van der Waals surface area contributed by atoms with Crippen LogP contribution in [0.25, 0.3) is 0 Å². The average molecular weight is 317 g/mol. The van der Waals surface area contributed by atoms with Crippen molar-refractivity contribution in [3.8, 4) is 0 Å². The van der Waals surface area contributed by atoms with Gasteiger partial charge in [-0.25, -0.2) is 0 Å². The van der Waals surface area contributed by atoms with Crippen LogP contribution in [0.4, 0.5) is 0 Å². The minimum atomic E-state index is -0.113. The average Bonchev–Trinajstić information content (AvgIpc) is 3.10. The van der Waals surface area contributed by atoms with Gasteiger partial charge in [0.25, 0.3) is 5.91 Å². The number of hydrogen-bond acceptors (Lipinski definition) is 4. The summed E-state index contributed by atoms with van der Waals surface area (Å²) in [5.74, 6) is -0.0322. The van der Waals surface area contributed by atoms with Crippen molar-refractivity contribution in [2.45, 2.75) is 25.2 Å². The highest BCUT2D eigenvalue weighted by Crippen LogP contribution is 2.16. The van der Waals surface area contributed by atoms with Crippen molar-refractivity contribution in [1.82, 2.24) is 5.32 Å². The van der Waals surface area contributed by atoms with Gasteiger partial charge in [0.15, 0.2) is 0 Å². The van der Waals surface area contributed by atoms with Crippen LogP contribution in [0.3, 0.4) is 0 Å². The molecule has 22 heavy (non-hydrogen) atoms. The molecule has 0 bridgehead atoms. The first kappa shape index (κ1) is 15.2. The standard InChI is InChI=1S/C17H19NO3S/c19-17(16-7-4-10-22-16)18-14-8-9-20-12-15(14)21-11-13-5-2-1-3-6-13/h1-7,10,14-15H,8-9,11-12H2,(H,18,19)/t14-,15-/m1/s1. The maximum atomic E-state index is 12.2. The van der Waals surface area contributed by atoms with E-state index in [9.17, 15) is 4.79 Å². The smallest absolute Gasteiger partial charge is 0.261 e. The number of nitrogens with one attached hydrogen (secondary N) is 1. The van der Waals surface area contributed by atoms with E-state index in [1.807, 2.05) is 47.8 Å². The molecule has 0 spiro atoms. The van der Waals surface area contributed by atoms with Crippen LogP contribution in [0.2, 0.25) is 0 Å². The van der Waals surface area contributed by atoms with Crippen LogP contribution in [0, 0.1) is 0 Å². The topological polar surface area (TPSA) is 47.6 Å². The number of carbonyl (C=O) groups is 1. The fourth-order valence-corrected chi connectivity index (χ4v) is 3.09. The van der Waals surface area contributed by atoms with Gasteiger partial charge in [0.05, 0.1) is 24.1 Å². The Labute approximate surface area is 134 Å². The van der Waals surface area contributed by atoms with E-state index in [0.717, 1.165) is 16.9 Å². The lowest BCUT2D eigenvalue weighted by Crippen LogP contribution is -2.49. The summed E-state index contributed by atoms with van der Waals surface area (Å²) in [4.78, 5) is 12.9. The van der Waals surface area contributed by atoms with Gasteiger partial charge in [-0.3, -0.25) is 4.79 Å². The van der Waals surface area contributed by atoms with E-state index in [0.29, 0.717) is 19.8 Å². The second-order valence-electron chi connectivity index (χ2n) is 5.26. The first-order valence-electron chi connectivity index (χ1n) is 7.40. The molecule has 3 rings (SSSR count). The number of hydrogen-bond donors (Lipinski definition) is 1. The van der Waals surface area contributed by atoms with Gasteiger partial charge in [-0.15, -0.1) is 11.3 Å². The van der Waals surface area contributed by atoms with Crippen molar-refractivity contribution in [3.63, 3.8) is 0 Å². The summed E-state index contributed by atoms with van der Waals surface area (Å²) < 4.78 is 11.5. The lowest BCUT2D eigenvalue weighted by atomic mass is 10.1. The molecule has 1 N–H and O–H groups in total. The van der Waals surface area contributed by atoms with Gasteiger partial charge in [0.1, 0.15) is 6.10 Å². The molecule has 0 saturated carbocycles. The van der Waals surface area contributed by atoms with Crippen LogP contribution in [-0.2, 0) is 16.1 Å². The first-order valence-corrected chi connectivity index (χ1v) is 8.28. The third-order valence-electron chi connectivity index (χ3n) is 3.67. The van der Waals surface area contributed by atoms with Crippen LogP contribution in [-0.4, -0.2) is 31.3 Å². The molecule has 2 atom stereocenters. The monoisotopic (exact) mass is 317 g/mol. The highest BCUT2D eigenvalue weighted by molar-refractivity contribution is 7.12. The number of rotatable bonds is 5. The summed E-state index contributed by atoms with van der Waals surface area (Å²) >= 11 is 1.45. The highest BCUT2D eigenvalue weighted by atomic mass is 32.1. The number of benzene rings is 1. The fourth-order valence-electron chi connectivity index (χ4n) is 2.47. The summed E-state index contributed by atoms with van der Waals surface area (Å²) in [5, 5.41) is 4.98. The lowest BCUT2D eigenvalue weighted by molar-refractivity contribution is -0.0735. The van der Waals surface area contributed by atoms with Crippen LogP contribution in [0.15, 0.2) is 47.8 Å². The van der Waals surface area contributed by atoms with E-state index in [4.69, 9.17) is 9.47 Å². The first-order chi connectivity index (χ1) is 10.8. The van der Waals surface area contributed by atoms with Gasteiger partial charge in [-0.2, -0.15) is 0 Å². The van der Waals surface area contributed by atoms with E-state index in [1.54, 1.807) is 0 Å². The van der Waals surface area contributed by atoms with Crippen molar-refractivity contribution in [1.29, 1.82) is 0 Å². The molecule has 2 aromatic rings. The van der Waals surface area contributed by atoms with Crippen molar-refractivity contribution < 1.29 is 14.3 Å². The van der Waals surface area contributed by atoms with E-state index >= 15 is 0 Å². The van der Waals surface area contributed by atoms with Gasteiger partial charge in [0.2, 0.25) is 0 Å². The molecule has 1 aliphatic heterocycles. The summed E-state index contributed by atoms with van der Waals surface area (Å²) in [6, 6.07) is 13.7. The fraction of sp³-hybridized carbons (Fsp3) is 0.353. The predicted octanol–water partition coefficient (Wildman–Crippen LogP) is 2.85. The molecule has 2 heterocycles. The maximum absolute atomic E-state index is 12.2. The number of ether oxygens (including phenoxy) is 2. The Bertz CT molecular complexity index is 585. The van der Waals surface area contributed by atoms with E-state index in [1.165, 1.54) is 11.3 Å². The molecule has 0 unspecified atom stereocenters. The second kappa shape index (κ2) is 7.54. The Morgan fingerprint density at radius 3 is 2.91 bits per heavy atom. The largest absolute Gasteiger partial charge is 0.379 e. The van der Waals surface area contributed by atoms with Crippen molar-refractivity contribution in [2.75, 3.05) is 13.2 Å². The van der Waals surface area contributed by atoms with Crippen molar-refractivity contribution in [2.24, 2.45) is 0 Å². The molecule has 1 aromatic heterocycles. The molecule has 1 amide bonds. The Kier molecular flexibility index (Phi) is 5.21. The molecule has 1 fully saturated rings. The minimum absolute atomic E-state index is 0.00735. The molecule has 4 nitrogen and oxygen atoms in total. The molecule has 0 radical (unpaired) electrons. The summed E-state index contributed by atoms with van der Waals surface area (Å²) in [5.41, 5.74) is 1.12. The quantitative estimate of drug-likeness (QED) is 0.922. The maximum Gasteiger partial charge on any atom is 0.261 e. The molecule has 116 valence electrons. The Balaban J connectivity index is 1.57. The molecule has 1 aromatic carbocycles. The third kappa shape index (κ3) is 3.94. The van der Waals surface area contributed by atoms with Crippen molar-refractivity contribution >= 4 is 17.2 Å². The van der Waals surface area contributed by atoms with Crippen LogP contribution in [0.5, 0.6) is 0 Å². The molecular formula is C17H19NO3S. The normalized spacial score (nSPS) is 21.5. The molecule has 0 aliphatic carbocycles. The molecular weight excluding hydrogens is 298 g/mol. The van der Waals surface area contributed by atoms with Crippen LogP contribution in [0.1, 0.15) is 21.7 Å². The van der Waals surface area contributed by atoms with Gasteiger partial charge in [0, 0.05) is 6.61 Å². The zero-order valence-electron chi connectivity index (χ0n) is 12.2. The number of carbonyl (C=O) groups excluding carboxylic acids is 1. The summed E-state index contributed by atoms with van der Waals surface area (Å²) in [6.45, 7) is 1.70. The lowest BCUT2D eigenvalue weighted by Gasteiger charge is -2.32. The van der Waals surface area contributed by atoms with Crippen LogP contribution < -0.4 is 5.32 Å². The van der Waals surface area contributed by atoms with E-state index in [2.05, 4.69) is 5.32 Å². The summed E-state index contributed by atoms with van der Waals surface area (Å²) in [6.07, 6.45) is 0.661. The Morgan fingerprint density at radius 1 is 1.27 bits per heavy atom. The molecule has 5 heteroatoms. The number of amides is 1. The van der Waals surface area contributed by atoms with Gasteiger partial charge in [-0.05, 0) is 23.4 Å².